The van der Waals surface area contributed by atoms with Crippen LogP contribution in [0.15, 0.2) is 46.6 Å². The van der Waals surface area contributed by atoms with Gasteiger partial charge in [-0.2, -0.15) is 0 Å². The highest BCUT2D eigenvalue weighted by molar-refractivity contribution is 6.15. The highest BCUT2D eigenvalue weighted by Crippen LogP contribution is 2.32. The fourth-order valence-electron chi connectivity index (χ4n) is 6.56. The van der Waals surface area contributed by atoms with Gasteiger partial charge in [0, 0.05) is 13.1 Å². The SMILES string of the molecule is CCCCCCCCNC(=O)c1c(CC=C(C)CCC=C(C)C)c(C(=O)O)c(C(=O)NCCCCCCCC)c(CC=C(C)CCC=C(C)C)c1C(=O)O. The van der Waals surface area contributed by atoms with Crippen LogP contribution in [-0.4, -0.2) is 47.1 Å². The van der Waals surface area contributed by atoms with E-state index >= 15 is 0 Å². The predicted octanol–water partition coefficient (Wildman–Crippen LogP) is 11.7. The molecular formula is C46H72N2O6. The molecule has 0 bridgehead atoms. The summed E-state index contributed by atoms with van der Waals surface area (Å²) in [5.41, 5.74) is 3.51. The molecule has 0 radical (unpaired) electrons. The molecule has 2 amide bonds. The van der Waals surface area contributed by atoms with Gasteiger partial charge in [0.25, 0.3) is 11.8 Å². The highest BCUT2D eigenvalue weighted by atomic mass is 16.4. The van der Waals surface area contributed by atoms with Crippen LogP contribution in [-0.2, 0) is 12.8 Å². The minimum absolute atomic E-state index is 0.00208. The molecular weight excluding hydrogens is 677 g/mol. The molecule has 0 aliphatic rings. The Bertz CT molecular complexity index is 1380. The third-order valence-corrected chi connectivity index (χ3v) is 9.71. The van der Waals surface area contributed by atoms with Gasteiger partial charge >= 0.3 is 11.9 Å². The first-order valence-electron chi connectivity index (χ1n) is 20.6. The van der Waals surface area contributed by atoms with Crippen LogP contribution in [0.3, 0.4) is 0 Å². The first-order chi connectivity index (χ1) is 25.8. The normalized spacial score (nSPS) is 11.6. The van der Waals surface area contributed by atoms with Crippen molar-refractivity contribution in [3.05, 3.63) is 80.0 Å². The molecule has 0 spiro atoms. The summed E-state index contributed by atoms with van der Waals surface area (Å²) in [5.74, 6) is -3.98. The van der Waals surface area contributed by atoms with Crippen LogP contribution in [0.4, 0.5) is 0 Å². The number of carbonyl (C=O) groups excluding carboxylic acids is 2. The lowest BCUT2D eigenvalue weighted by atomic mass is 9.82. The molecule has 0 aliphatic carbocycles. The summed E-state index contributed by atoms with van der Waals surface area (Å²) in [6, 6.07) is 0. The molecule has 302 valence electrons. The summed E-state index contributed by atoms with van der Waals surface area (Å²) in [4.78, 5) is 55.0. The van der Waals surface area contributed by atoms with E-state index in [-0.39, 0.29) is 46.2 Å². The number of benzene rings is 1. The van der Waals surface area contributed by atoms with Gasteiger partial charge in [-0.3, -0.25) is 9.59 Å². The molecule has 0 saturated heterocycles. The maximum Gasteiger partial charge on any atom is 0.336 e. The van der Waals surface area contributed by atoms with Crippen LogP contribution >= 0.6 is 0 Å². The quantitative estimate of drug-likeness (QED) is 0.0498. The predicted molar refractivity (Wildman–Crippen MR) is 224 cm³/mol. The Morgan fingerprint density at radius 3 is 1.13 bits per heavy atom. The van der Waals surface area contributed by atoms with Gasteiger partial charge in [0.2, 0.25) is 0 Å². The summed E-state index contributed by atoms with van der Waals surface area (Å²) >= 11 is 0. The van der Waals surface area contributed by atoms with Crippen molar-refractivity contribution in [2.75, 3.05) is 13.1 Å². The zero-order chi connectivity index (χ0) is 40.5. The third-order valence-electron chi connectivity index (χ3n) is 9.71. The van der Waals surface area contributed by atoms with Crippen molar-refractivity contribution < 1.29 is 29.4 Å². The van der Waals surface area contributed by atoms with Gasteiger partial charge in [-0.05, 0) is 104 Å². The lowest BCUT2D eigenvalue weighted by Crippen LogP contribution is -2.33. The van der Waals surface area contributed by atoms with Gasteiger partial charge in [0.05, 0.1) is 22.3 Å². The van der Waals surface area contributed by atoms with E-state index in [1.165, 1.54) is 11.1 Å². The van der Waals surface area contributed by atoms with Crippen LogP contribution in [0.2, 0.25) is 0 Å². The monoisotopic (exact) mass is 749 g/mol. The summed E-state index contributed by atoms with van der Waals surface area (Å²) in [6.45, 7) is 17.0. The summed E-state index contributed by atoms with van der Waals surface area (Å²) in [7, 11) is 0. The van der Waals surface area contributed by atoms with E-state index in [0.717, 1.165) is 114 Å². The van der Waals surface area contributed by atoms with Gasteiger partial charge in [-0.25, -0.2) is 9.59 Å². The van der Waals surface area contributed by atoms with Gasteiger partial charge in [-0.15, -0.1) is 0 Å². The number of carboxylic acid groups (broad SMARTS) is 2. The molecule has 0 aliphatic heterocycles. The molecule has 4 N–H and O–H groups in total. The van der Waals surface area contributed by atoms with E-state index in [1.807, 2.05) is 53.7 Å². The Balaban J connectivity index is 3.97. The number of aromatic carboxylic acids is 2. The zero-order valence-corrected chi connectivity index (χ0v) is 35.0. The number of hydrogen-bond donors (Lipinski definition) is 4. The molecule has 8 nitrogen and oxygen atoms in total. The molecule has 0 unspecified atom stereocenters. The van der Waals surface area contributed by atoms with E-state index in [4.69, 9.17) is 0 Å². The number of rotatable bonds is 28. The average Bonchev–Trinajstić information content (AvgIpc) is 3.10. The Labute approximate surface area is 327 Å². The van der Waals surface area contributed by atoms with E-state index < -0.39 is 23.8 Å². The van der Waals surface area contributed by atoms with Gasteiger partial charge < -0.3 is 20.8 Å². The molecule has 8 heteroatoms. The van der Waals surface area contributed by atoms with E-state index in [0.29, 0.717) is 13.1 Å². The molecule has 1 aromatic carbocycles. The van der Waals surface area contributed by atoms with Crippen molar-refractivity contribution in [3.8, 4) is 0 Å². The van der Waals surface area contributed by atoms with Gasteiger partial charge in [0.1, 0.15) is 0 Å². The van der Waals surface area contributed by atoms with Crippen LogP contribution in [0.25, 0.3) is 0 Å². The third kappa shape index (κ3) is 18.4. The molecule has 0 fully saturated rings. The van der Waals surface area contributed by atoms with Crippen molar-refractivity contribution in [2.24, 2.45) is 0 Å². The largest absolute Gasteiger partial charge is 0.478 e. The molecule has 54 heavy (non-hydrogen) atoms. The summed E-state index contributed by atoms with van der Waals surface area (Å²) in [5, 5.41) is 27.6. The maximum absolute atomic E-state index is 14.2. The number of carboxylic acids is 2. The second kappa shape index (κ2) is 27.6. The van der Waals surface area contributed by atoms with Crippen molar-refractivity contribution in [2.45, 2.75) is 171 Å². The Morgan fingerprint density at radius 1 is 0.481 bits per heavy atom. The van der Waals surface area contributed by atoms with Crippen LogP contribution in [0.1, 0.15) is 211 Å². The zero-order valence-electron chi connectivity index (χ0n) is 35.0. The van der Waals surface area contributed by atoms with E-state index in [9.17, 15) is 29.4 Å². The molecule has 1 rings (SSSR count). The Hall–Kier alpha value is -3.94. The number of unbranched alkanes of at least 4 members (excludes halogenated alkanes) is 10. The molecule has 0 atom stereocenters. The van der Waals surface area contributed by atoms with E-state index in [2.05, 4.69) is 36.6 Å². The van der Waals surface area contributed by atoms with Crippen LogP contribution in [0.5, 0.6) is 0 Å². The molecule has 1 aromatic rings. The van der Waals surface area contributed by atoms with E-state index in [1.54, 1.807) is 0 Å². The van der Waals surface area contributed by atoms with Crippen molar-refractivity contribution >= 4 is 23.8 Å². The number of hydrogen-bond acceptors (Lipinski definition) is 4. The number of allylic oxidation sites excluding steroid dienone is 8. The summed E-state index contributed by atoms with van der Waals surface area (Å²) < 4.78 is 0. The van der Waals surface area contributed by atoms with Crippen LogP contribution in [0, 0.1) is 0 Å². The average molecular weight is 749 g/mol. The minimum atomic E-state index is -1.36. The Morgan fingerprint density at radius 2 is 0.815 bits per heavy atom. The second-order valence-electron chi connectivity index (χ2n) is 15.3. The second-order valence-corrected chi connectivity index (χ2v) is 15.3. The molecule has 0 heterocycles. The lowest BCUT2D eigenvalue weighted by molar-refractivity contribution is 0.0673. The maximum atomic E-state index is 14.2. The van der Waals surface area contributed by atoms with Crippen molar-refractivity contribution in [1.82, 2.24) is 10.6 Å². The Kier molecular flexibility index (Phi) is 24.6. The summed E-state index contributed by atoms with van der Waals surface area (Å²) in [6.07, 6.45) is 23.2. The number of carbonyl (C=O) groups is 4. The van der Waals surface area contributed by atoms with Gasteiger partial charge in [0.15, 0.2) is 0 Å². The number of amides is 2. The first-order valence-corrected chi connectivity index (χ1v) is 20.6. The van der Waals surface area contributed by atoms with Crippen molar-refractivity contribution in [3.63, 3.8) is 0 Å². The minimum Gasteiger partial charge on any atom is -0.478 e. The lowest BCUT2D eigenvalue weighted by Gasteiger charge is -2.23. The smallest absolute Gasteiger partial charge is 0.336 e. The van der Waals surface area contributed by atoms with Crippen LogP contribution < -0.4 is 10.6 Å². The molecule has 0 aromatic heterocycles. The fraction of sp³-hybridized carbons (Fsp3) is 0.609. The highest BCUT2D eigenvalue weighted by Gasteiger charge is 2.34. The topological polar surface area (TPSA) is 133 Å². The fourth-order valence-corrected chi connectivity index (χ4v) is 6.56. The van der Waals surface area contributed by atoms with Gasteiger partial charge in [-0.1, -0.05) is 125 Å². The van der Waals surface area contributed by atoms with Crippen molar-refractivity contribution in [1.29, 1.82) is 0 Å². The molecule has 0 saturated carbocycles. The number of nitrogens with one attached hydrogen (secondary N) is 2. The first kappa shape index (κ1) is 48.1. The standard InChI is InChI=1S/C46H72N2O6/c1-9-11-13-15-17-19-31-47-43(49)39-37(29-27-35(7)25-21-23-33(3)4)42(46(53)54)40(44(50)48-32-20-18-16-14-12-10-2)38(41(39)45(51)52)30-28-36(8)26-22-24-34(5)6/h23-24,27-28H,9-22,25-26,29-32H2,1-8H3,(H,47,49)(H,48,50)(H,51,52)(H,53,54).